The molecule has 5 rings (SSSR count). The zero-order chi connectivity index (χ0) is 21.9. The monoisotopic (exact) mass is 448 g/mol. The van der Waals surface area contributed by atoms with E-state index < -0.39 is 0 Å². The highest BCUT2D eigenvalue weighted by atomic mass is 35.5. The van der Waals surface area contributed by atoms with Crippen molar-refractivity contribution >= 4 is 23.3 Å². The fourth-order valence-electron chi connectivity index (χ4n) is 4.67. The first-order valence-corrected chi connectivity index (χ1v) is 11.2. The zero-order valence-electron chi connectivity index (χ0n) is 17.7. The fourth-order valence-corrected chi connectivity index (χ4v) is 4.79. The largest absolute Gasteiger partial charge is 0.457 e. The summed E-state index contributed by atoms with van der Waals surface area (Å²) < 4.78 is 5.97. The van der Waals surface area contributed by atoms with E-state index in [1.807, 2.05) is 53.4 Å². The summed E-state index contributed by atoms with van der Waals surface area (Å²) in [5, 5.41) is 3.67. The van der Waals surface area contributed by atoms with Crippen LogP contribution in [-0.2, 0) is 6.54 Å². The zero-order valence-corrected chi connectivity index (χ0v) is 18.4. The molecule has 2 fully saturated rings. The van der Waals surface area contributed by atoms with Crippen molar-refractivity contribution in [1.29, 1.82) is 0 Å². The molecule has 7 heteroatoms. The highest BCUT2D eigenvalue weighted by Crippen LogP contribution is 2.33. The third-order valence-electron chi connectivity index (χ3n) is 6.15. The number of likely N-dealkylation sites (tertiary alicyclic amines) is 2. The summed E-state index contributed by atoms with van der Waals surface area (Å²) in [7, 11) is 0. The molecule has 3 heterocycles. The second kappa shape index (κ2) is 9.18. The van der Waals surface area contributed by atoms with Gasteiger partial charge in [-0.25, -0.2) is 4.79 Å². The average molecular weight is 449 g/mol. The molecule has 0 aliphatic carbocycles. The van der Waals surface area contributed by atoms with Gasteiger partial charge in [0.25, 0.3) is 0 Å². The summed E-state index contributed by atoms with van der Waals surface area (Å²) in [6.07, 6.45) is 4.42. The van der Waals surface area contributed by atoms with Gasteiger partial charge in [-0.1, -0.05) is 23.7 Å². The van der Waals surface area contributed by atoms with Crippen molar-refractivity contribution in [3.63, 3.8) is 0 Å². The second-order valence-electron chi connectivity index (χ2n) is 8.38. The van der Waals surface area contributed by atoms with E-state index >= 15 is 0 Å². The summed E-state index contributed by atoms with van der Waals surface area (Å²) in [4.78, 5) is 21.3. The van der Waals surface area contributed by atoms with Gasteiger partial charge < -0.3 is 15.0 Å². The van der Waals surface area contributed by atoms with E-state index in [1.54, 1.807) is 12.4 Å². The Bertz CT molecular complexity index is 1080. The number of amides is 2. The molecule has 2 amide bonds. The molecule has 2 aromatic carbocycles. The van der Waals surface area contributed by atoms with E-state index in [9.17, 15) is 4.79 Å². The normalized spacial score (nSPS) is 20.2. The van der Waals surface area contributed by atoms with E-state index in [4.69, 9.17) is 16.3 Å². The maximum absolute atomic E-state index is 12.8. The van der Waals surface area contributed by atoms with Gasteiger partial charge in [-0.15, -0.1) is 0 Å². The maximum Gasteiger partial charge on any atom is 0.322 e. The van der Waals surface area contributed by atoms with Gasteiger partial charge in [0, 0.05) is 37.4 Å². The Labute approximate surface area is 192 Å². The van der Waals surface area contributed by atoms with Crippen LogP contribution in [0.25, 0.3) is 0 Å². The standard InChI is InChI=1S/C25H25ClN4O2/c26-20-6-8-22(9-7-20)32-23-5-1-3-18(13-23)15-29-16-19-10-12-30(24(19)17-29)25(31)28-21-4-2-11-27-14-21/h1-9,11,13-14,19,24H,10,12,15-17H2,(H,28,31). The number of hydrogen-bond acceptors (Lipinski definition) is 4. The van der Waals surface area contributed by atoms with Gasteiger partial charge in [-0.05, 0) is 66.4 Å². The molecule has 164 valence electrons. The maximum atomic E-state index is 12.8. The van der Waals surface area contributed by atoms with Crippen molar-refractivity contribution in [2.24, 2.45) is 5.92 Å². The summed E-state index contributed by atoms with van der Waals surface area (Å²) >= 11 is 5.95. The van der Waals surface area contributed by atoms with Crippen molar-refractivity contribution in [1.82, 2.24) is 14.8 Å². The number of hydrogen-bond donors (Lipinski definition) is 1. The number of anilines is 1. The molecule has 2 saturated heterocycles. The van der Waals surface area contributed by atoms with Crippen LogP contribution >= 0.6 is 11.6 Å². The highest BCUT2D eigenvalue weighted by Gasteiger charge is 2.43. The van der Waals surface area contributed by atoms with Gasteiger partial charge in [0.1, 0.15) is 11.5 Å². The van der Waals surface area contributed by atoms with E-state index in [2.05, 4.69) is 27.3 Å². The number of fused-ring (bicyclic) bond motifs is 1. The van der Waals surface area contributed by atoms with Crippen molar-refractivity contribution in [3.05, 3.63) is 83.6 Å². The van der Waals surface area contributed by atoms with Crippen LogP contribution in [0.5, 0.6) is 11.5 Å². The summed E-state index contributed by atoms with van der Waals surface area (Å²) in [5.41, 5.74) is 1.93. The minimum absolute atomic E-state index is 0.0364. The number of nitrogens with zero attached hydrogens (tertiary/aromatic N) is 3. The Morgan fingerprint density at radius 1 is 1.09 bits per heavy atom. The molecule has 0 spiro atoms. The number of carbonyl (C=O) groups is 1. The number of aromatic nitrogens is 1. The van der Waals surface area contributed by atoms with Gasteiger partial charge >= 0.3 is 6.03 Å². The molecule has 2 atom stereocenters. The van der Waals surface area contributed by atoms with Crippen LogP contribution in [0, 0.1) is 5.92 Å². The number of nitrogens with one attached hydrogen (secondary N) is 1. The first-order chi connectivity index (χ1) is 15.6. The molecule has 3 aromatic rings. The van der Waals surface area contributed by atoms with Crippen LogP contribution in [0.2, 0.25) is 5.02 Å². The smallest absolute Gasteiger partial charge is 0.322 e. The number of carbonyl (C=O) groups excluding carboxylic acids is 1. The topological polar surface area (TPSA) is 57.7 Å². The predicted molar refractivity (Wildman–Crippen MR) is 125 cm³/mol. The lowest BCUT2D eigenvalue weighted by Crippen LogP contribution is -2.42. The minimum Gasteiger partial charge on any atom is -0.457 e. The summed E-state index contributed by atoms with van der Waals surface area (Å²) in [6.45, 7) is 3.53. The van der Waals surface area contributed by atoms with Gasteiger partial charge in [0.15, 0.2) is 0 Å². The quantitative estimate of drug-likeness (QED) is 0.578. The number of pyridine rings is 1. The Balaban J connectivity index is 1.20. The Morgan fingerprint density at radius 2 is 1.97 bits per heavy atom. The number of rotatable bonds is 5. The molecule has 0 bridgehead atoms. The fraction of sp³-hybridized carbons (Fsp3) is 0.280. The van der Waals surface area contributed by atoms with Crippen LogP contribution in [0.4, 0.5) is 10.5 Å². The second-order valence-corrected chi connectivity index (χ2v) is 8.82. The van der Waals surface area contributed by atoms with Crippen molar-refractivity contribution in [2.45, 2.75) is 19.0 Å². The number of ether oxygens (including phenoxy) is 1. The van der Waals surface area contributed by atoms with Crippen LogP contribution in [0.1, 0.15) is 12.0 Å². The molecule has 0 saturated carbocycles. The van der Waals surface area contributed by atoms with Gasteiger partial charge in [-0.3, -0.25) is 9.88 Å². The summed E-state index contributed by atoms with van der Waals surface area (Å²) in [5.74, 6) is 2.09. The first-order valence-electron chi connectivity index (χ1n) is 10.9. The lowest BCUT2D eigenvalue weighted by atomic mass is 10.1. The summed E-state index contributed by atoms with van der Waals surface area (Å²) in [6, 6.07) is 19.4. The molecule has 2 aliphatic heterocycles. The third kappa shape index (κ3) is 4.71. The van der Waals surface area contributed by atoms with E-state index in [1.165, 1.54) is 5.56 Å². The van der Waals surface area contributed by atoms with Gasteiger partial charge in [-0.2, -0.15) is 0 Å². The molecule has 1 aromatic heterocycles. The van der Waals surface area contributed by atoms with Crippen LogP contribution in [0.3, 0.4) is 0 Å². The predicted octanol–water partition coefficient (Wildman–Crippen LogP) is 5.27. The number of urea groups is 1. The minimum atomic E-state index is -0.0364. The van der Waals surface area contributed by atoms with Crippen LogP contribution < -0.4 is 10.1 Å². The highest BCUT2D eigenvalue weighted by molar-refractivity contribution is 6.30. The average Bonchev–Trinajstić information content (AvgIpc) is 3.36. The lowest BCUT2D eigenvalue weighted by molar-refractivity contribution is 0.199. The van der Waals surface area contributed by atoms with E-state index in [-0.39, 0.29) is 12.1 Å². The molecule has 6 nitrogen and oxygen atoms in total. The Morgan fingerprint density at radius 3 is 2.78 bits per heavy atom. The van der Waals surface area contributed by atoms with Crippen molar-refractivity contribution < 1.29 is 9.53 Å². The molecule has 32 heavy (non-hydrogen) atoms. The Kier molecular flexibility index (Phi) is 5.97. The molecule has 1 N–H and O–H groups in total. The van der Waals surface area contributed by atoms with Gasteiger partial charge in [0.05, 0.1) is 17.9 Å². The van der Waals surface area contributed by atoms with E-state index in [0.29, 0.717) is 10.9 Å². The van der Waals surface area contributed by atoms with Crippen LogP contribution in [0.15, 0.2) is 73.1 Å². The van der Waals surface area contributed by atoms with Crippen molar-refractivity contribution in [3.8, 4) is 11.5 Å². The molecule has 2 unspecified atom stereocenters. The molecule has 2 aliphatic rings. The van der Waals surface area contributed by atoms with Crippen LogP contribution in [-0.4, -0.2) is 46.5 Å². The molecular weight excluding hydrogens is 424 g/mol. The van der Waals surface area contributed by atoms with Gasteiger partial charge in [0.2, 0.25) is 0 Å². The number of benzene rings is 2. The Hall–Kier alpha value is -3.09. The molecular formula is C25H25ClN4O2. The molecule has 0 radical (unpaired) electrons. The lowest BCUT2D eigenvalue weighted by Gasteiger charge is -2.25. The van der Waals surface area contributed by atoms with Crippen molar-refractivity contribution in [2.75, 3.05) is 25.0 Å². The number of halogens is 1. The third-order valence-corrected chi connectivity index (χ3v) is 6.40. The van der Waals surface area contributed by atoms with E-state index in [0.717, 1.165) is 49.8 Å². The first kappa shape index (κ1) is 20.8. The SMILES string of the molecule is O=C(Nc1cccnc1)N1CCC2CN(Cc3cccc(Oc4ccc(Cl)cc4)c3)CC21.